The Morgan fingerprint density at radius 2 is 1.72 bits per heavy atom. The number of nitrogens with one attached hydrogen (secondary N) is 1. The number of ether oxygens (including phenoxy) is 2. The van der Waals surface area contributed by atoms with Crippen LogP contribution in [0.2, 0.25) is 5.02 Å². The molecule has 0 aromatic heterocycles. The molecule has 8 nitrogen and oxygen atoms in total. The lowest BCUT2D eigenvalue weighted by molar-refractivity contribution is -0.116. The second-order valence-electron chi connectivity index (χ2n) is 6.11. The molecular formula is C19H21ClN2O6S. The number of hydrogen-bond donors (Lipinski definition) is 1. The van der Waals surface area contributed by atoms with E-state index in [1.54, 1.807) is 24.3 Å². The fourth-order valence-corrected chi connectivity index (χ4v) is 4.02. The summed E-state index contributed by atoms with van der Waals surface area (Å²) in [6, 6.07) is 9.50. The van der Waals surface area contributed by atoms with Crippen molar-refractivity contribution in [2.24, 2.45) is 0 Å². The summed E-state index contributed by atoms with van der Waals surface area (Å²) in [5.41, 5.74) is 0.659. The average molecular weight is 441 g/mol. The van der Waals surface area contributed by atoms with Crippen LogP contribution in [-0.2, 0) is 19.6 Å². The van der Waals surface area contributed by atoms with Crippen LogP contribution in [0.15, 0.2) is 42.5 Å². The Kier molecular flexibility index (Phi) is 7.10. The van der Waals surface area contributed by atoms with Gasteiger partial charge < -0.3 is 14.8 Å². The molecule has 0 aliphatic carbocycles. The summed E-state index contributed by atoms with van der Waals surface area (Å²) in [7, 11) is -1.06. The lowest BCUT2D eigenvalue weighted by Gasteiger charge is -2.28. The molecule has 0 saturated heterocycles. The quantitative estimate of drug-likeness (QED) is 0.664. The van der Waals surface area contributed by atoms with Gasteiger partial charge in [-0.25, -0.2) is 13.2 Å². The minimum absolute atomic E-state index is 0.0785. The summed E-state index contributed by atoms with van der Waals surface area (Å²) in [5, 5.41) is 2.76. The van der Waals surface area contributed by atoms with Crippen molar-refractivity contribution in [2.75, 3.05) is 30.1 Å². The van der Waals surface area contributed by atoms with E-state index >= 15 is 0 Å². The first-order chi connectivity index (χ1) is 13.6. The predicted molar refractivity (Wildman–Crippen MR) is 111 cm³/mol. The smallest absolute Gasteiger partial charge is 0.339 e. The molecule has 29 heavy (non-hydrogen) atoms. The zero-order chi connectivity index (χ0) is 21.8. The molecular weight excluding hydrogens is 420 g/mol. The molecule has 0 bridgehead atoms. The second-order valence-corrected chi connectivity index (χ2v) is 8.37. The van der Waals surface area contributed by atoms with Gasteiger partial charge in [-0.15, -0.1) is 0 Å². The molecule has 2 rings (SSSR count). The number of amides is 1. The summed E-state index contributed by atoms with van der Waals surface area (Å²) in [4.78, 5) is 24.5. The highest BCUT2D eigenvalue weighted by molar-refractivity contribution is 7.92. The van der Waals surface area contributed by atoms with Crippen LogP contribution in [-0.4, -0.2) is 46.8 Å². The van der Waals surface area contributed by atoms with Crippen LogP contribution in [0.4, 0.5) is 11.4 Å². The molecule has 0 heterocycles. The Morgan fingerprint density at radius 1 is 1.10 bits per heavy atom. The van der Waals surface area contributed by atoms with Gasteiger partial charge in [0.1, 0.15) is 11.8 Å². The third kappa shape index (κ3) is 5.39. The molecule has 10 heteroatoms. The molecule has 1 atom stereocenters. The number of methoxy groups -OCH3 is 2. The number of anilines is 2. The molecule has 0 radical (unpaired) electrons. The van der Waals surface area contributed by atoms with Crippen molar-refractivity contribution < 1.29 is 27.5 Å². The lowest BCUT2D eigenvalue weighted by atomic mass is 10.2. The Balaban J connectivity index is 2.31. The highest BCUT2D eigenvalue weighted by Gasteiger charge is 2.29. The van der Waals surface area contributed by atoms with E-state index in [0.717, 1.165) is 10.6 Å². The molecule has 1 N–H and O–H groups in total. The highest BCUT2D eigenvalue weighted by atomic mass is 35.5. The Bertz CT molecular complexity index is 1010. The van der Waals surface area contributed by atoms with Gasteiger partial charge in [-0.2, -0.15) is 0 Å². The van der Waals surface area contributed by atoms with Crippen LogP contribution in [0.1, 0.15) is 17.3 Å². The molecule has 0 spiro atoms. The summed E-state index contributed by atoms with van der Waals surface area (Å²) in [5.74, 6) is -0.699. The van der Waals surface area contributed by atoms with Crippen LogP contribution in [0.25, 0.3) is 0 Å². The number of benzene rings is 2. The fourth-order valence-electron chi connectivity index (χ4n) is 2.65. The van der Waals surface area contributed by atoms with Crippen LogP contribution in [0.3, 0.4) is 0 Å². The number of nitrogens with zero attached hydrogens (tertiary/aromatic N) is 1. The number of carbonyl (C=O) groups is 2. The van der Waals surface area contributed by atoms with Gasteiger partial charge in [0.05, 0.1) is 36.7 Å². The number of sulfonamides is 1. The maximum atomic E-state index is 12.7. The van der Waals surface area contributed by atoms with Crippen molar-refractivity contribution in [3.05, 3.63) is 53.1 Å². The number of carbonyl (C=O) groups excluding carboxylic acids is 2. The van der Waals surface area contributed by atoms with Crippen LogP contribution in [0, 0.1) is 0 Å². The Hall–Kier alpha value is -2.78. The Morgan fingerprint density at radius 3 is 2.24 bits per heavy atom. The van der Waals surface area contributed by atoms with Crippen molar-refractivity contribution in [3.63, 3.8) is 0 Å². The van der Waals surface area contributed by atoms with E-state index in [2.05, 4.69) is 10.1 Å². The molecule has 2 aromatic carbocycles. The molecule has 0 fully saturated rings. The van der Waals surface area contributed by atoms with Gasteiger partial charge >= 0.3 is 5.97 Å². The summed E-state index contributed by atoms with van der Waals surface area (Å²) < 4.78 is 35.4. The van der Waals surface area contributed by atoms with E-state index in [9.17, 15) is 18.0 Å². The number of esters is 1. The largest absolute Gasteiger partial charge is 0.497 e. The standard InChI is InChI=1S/C19H21ClN2O6S/c1-12(22(29(4,25)26)14-6-8-15(27-2)9-7-14)18(23)21-13-5-10-17(20)16(11-13)19(24)28-3/h5-12H,1-4H3,(H,21,23). The van der Waals surface area contributed by atoms with E-state index in [1.165, 1.54) is 39.3 Å². The van der Waals surface area contributed by atoms with Gasteiger partial charge in [0, 0.05) is 5.69 Å². The van der Waals surface area contributed by atoms with E-state index < -0.39 is 27.9 Å². The fraction of sp³-hybridized carbons (Fsp3) is 0.263. The number of halogens is 1. The molecule has 0 aliphatic rings. The molecule has 0 aliphatic heterocycles. The summed E-state index contributed by atoms with van der Waals surface area (Å²) in [6.45, 7) is 1.46. The van der Waals surface area contributed by atoms with Gasteiger partial charge in [0.15, 0.2) is 0 Å². The van der Waals surface area contributed by atoms with Gasteiger partial charge in [0.2, 0.25) is 15.9 Å². The second kappa shape index (κ2) is 9.15. The molecule has 0 saturated carbocycles. The first kappa shape index (κ1) is 22.5. The van der Waals surface area contributed by atoms with Crippen molar-refractivity contribution in [1.29, 1.82) is 0 Å². The molecule has 156 valence electrons. The van der Waals surface area contributed by atoms with E-state index in [4.69, 9.17) is 16.3 Å². The summed E-state index contributed by atoms with van der Waals surface area (Å²) >= 11 is 5.97. The minimum atomic E-state index is -3.77. The first-order valence-electron chi connectivity index (χ1n) is 8.40. The molecule has 2 aromatic rings. The van der Waals surface area contributed by atoms with Crippen LogP contribution < -0.4 is 14.4 Å². The summed E-state index contributed by atoms with van der Waals surface area (Å²) in [6.07, 6.45) is 1.01. The van der Waals surface area contributed by atoms with Gasteiger partial charge in [-0.05, 0) is 49.4 Å². The van der Waals surface area contributed by atoms with Crippen LogP contribution in [0.5, 0.6) is 5.75 Å². The maximum absolute atomic E-state index is 12.7. The molecule has 1 amide bonds. The van der Waals surface area contributed by atoms with E-state index in [-0.39, 0.29) is 16.3 Å². The zero-order valence-electron chi connectivity index (χ0n) is 16.3. The minimum Gasteiger partial charge on any atom is -0.497 e. The van der Waals surface area contributed by atoms with Crippen LogP contribution >= 0.6 is 11.6 Å². The van der Waals surface area contributed by atoms with Gasteiger partial charge in [-0.1, -0.05) is 11.6 Å². The Labute approximate surface area is 174 Å². The SMILES string of the molecule is COC(=O)c1cc(NC(=O)C(C)N(c2ccc(OC)cc2)S(C)(=O)=O)ccc1Cl. The number of rotatable bonds is 7. The first-order valence-corrected chi connectivity index (χ1v) is 10.6. The zero-order valence-corrected chi connectivity index (χ0v) is 17.9. The topological polar surface area (TPSA) is 102 Å². The number of hydrogen-bond acceptors (Lipinski definition) is 6. The third-order valence-electron chi connectivity index (χ3n) is 4.05. The predicted octanol–water partition coefficient (Wildman–Crippen LogP) is 2.93. The lowest BCUT2D eigenvalue weighted by Crippen LogP contribution is -2.45. The third-order valence-corrected chi connectivity index (χ3v) is 5.63. The van der Waals surface area contributed by atoms with Crippen molar-refractivity contribution in [3.8, 4) is 5.75 Å². The van der Waals surface area contributed by atoms with Crippen molar-refractivity contribution in [1.82, 2.24) is 0 Å². The average Bonchev–Trinajstić information content (AvgIpc) is 2.68. The van der Waals surface area contributed by atoms with Gasteiger partial charge in [0.25, 0.3) is 0 Å². The van der Waals surface area contributed by atoms with Crippen molar-refractivity contribution >= 4 is 44.9 Å². The normalized spacial score (nSPS) is 12.0. The molecule has 1 unspecified atom stereocenters. The van der Waals surface area contributed by atoms with E-state index in [1.807, 2.05) is 0 Å². The van der Waals surface area contributed by atoms with Gasteiger partial charge in [-0.3, -0.25) is 9.10 Å². The monoisotopic (exact) mass is 440 g/mol. The maximum Gasteiger partial charge on any atom is 0.339 e. The van der Waals surface area contributed by atoms with Crippen molar-refractivity contribution in [2.45, 2.75) is 13.0 Å². The van der Waals surface area contributed by atoms with E-state index in [0.29, 0.717) is 11.4 Å². The highest BCUT2D eigenvalue weighted by Crippen LogP contribution is 2.25.